The number of benzene rings is 2. The van der Waals surface area contributed by atoms with Crippen LogP contribution in [0.15, 0.2) is 0 Å². The SMILES string of the molecule is BC(C)c1c(F)c(F)c2c(F)c(F)c(F)c(F)c2c1F. The summed E-state index contributed by atoms with van der Waals surface area (Å²) in [7, 11) is 1.28. The topological polar surface area (TPSA) is 0 Å². The van der Waals surface area contributed by atoms with Crippen molar-refractivity contribution in [3.05, 3.63) is 46.3 Å². The molecule has 20 heavy (non-hydrogen) atoms. The molecule has 0 saturated heterocycles. The highest BCUT2D eigenvalue weighted by molar-refractivity contribution is 6.12. The third kappa shape index (κ3) is 1.77. The first-order valence-corrected chi connectivity index (χ1v) is 5.52. The second-order valence-electron chi connectivity index (χ2n) is 4.52. The minimum Gasteiger partial charge on any atom is -0.206 e. The Balaban J connectivity index is 3.17. The minimum absolute atomic E-state index is 0.862. The van der Waals surface area contributed by atoms with E-state index in [2.05, 4.69) is 0 Å². The van der Waals surface area contributed by atoms with Gasteiger partial charge < -0.3 is 0 Å². The average Bonchev–Trinajstić information content (AvgIpc) is 2.37. The van der Waals surface area contributed by atoms with Crippen LogP contribution in [0.2, 0.25) is 0 Å². The lowest BCUT2D eigenvalue weighted by molar-refractivity contribution is 0.410. The predicted molar refractivity (Wildman–Crippen MR) is 60.6 cm³/mol. The molecule has 0 spiro atoms. The highest BCUT2D eigenvalue weighted by Crippen LogP contribution is 2.36. The summed E-state index contributed by atoms with van der Waals surface area (Å²) in [5.74, 6) is -15.2. The van der Waals surface area contributed by atoms with Gasteiger partial charge in [-0.1, -0.05) is 6.92 Å². The normalized spacial score (nSPS) is 13.0. The Morgan fingerprint density at radius 2 is 0.950 bits per heavy atom. The molecule has 1 atom stereocenters. The molecular weight excluding hydrogens is 288 g/mol. The molecule has 0 aliphatic carbocycles. The Morgan fingerprint density at radius 3 is 1.35 bits per heavy atom. The number of hydrogen-bond acceptors (Lipinski definition) is 0. The highest BCUT2D eigenvalue weighted by Gasteiger charge is 2.30. The fraction of sp³-hybridized carbons (Fsp3) is 0.167. The van der Waals surface area contributed by atoms with Gasteiger partial charge in [0.25, 0.3) is 0 Å². The Labute approximate surface area is 109 Å². The average molecular weight is 294 g/mol. The van der Waals surface area contributed by atoms with E-state index in [0.717, 1.165) is 0 Å². The Kier molecular flexibility index (Phi) is 3.43. The lowest BCUT2D eigenvalue weighted by Crippen LogP contribution is -2.09. The number of fused-ring (bicyclic) bond motifs is 1. The van der Waals surface area contributed by atoms with E-state index in [1.54, 1.807) is 0 Å². The molecule has 0 N–H and O–H groups in total. The van der Waals surface area contributed by atoms with Crippen molar-refractivity contribution in [2.75, 3.05) is 0 Å². The minimum atomic E-state index is -2.33. The maximum Gasteiger partial charge on any atom is 0.198 e. The number of rotatable bonds is 1. The molecule has 0 amide bonds. The standard InChI is InChI=1S/C12H6BF7/c1-2(13)3-6(14)4-5(8(16)7(3)15)10(18)12(20)11(19)9(4)17/h2H,13H2,1H3. The molecule has 0 aliphatic rings. The number of hydrogen-bond donors (Lipinski definition) is 0. The maximum absolute atomic E-state index is 14.0. The van der Waals surface area contributed by atoms with Crippen molar-refractivity contribution in [1.82, 2.24) is 0 Å². The van der Waals surface area contributed by atoms with E-state index in [1.165, 1.54) is 14.8 Å². The van der Waals surface area contributed by atoms with Gasteiger partial charge in [-0.25, -0.2) is 30.7 Å². The zero-order valence-electron chi connectivity index (χ0n) is 10.2. The third-order valence-electron chi connectivity index (χ3n) is 2.95. The van der Waals surface area contributed by atoms with Crippen molar-refractivity contribution in [2.45, 2.75) is 12.7 Å². The molecule has 0 nitrogen and oxygen atoms in total. The Bertz CT molecular complexity index is 724. The first-order valence-electron chi connectivity index (χ1n) is 5.52. The van der Waals surface area contributed by atoms with Gasteiger partial charge in [-0.3, -0.25) is 0 Å². The van der Waals surface area contributed by atoms with Crippen LogP contribution in [0.3, 0.4) is 0 Å². The van der Waals surface area contributed by atoms with Crippen LogP contribution in [0.1, 0.15) is 18.3 Å². The van der Waals surface area contributed by atoms with E-state index in [9.17, 15) is 30.7 Å². The van der Waals surface area contributed by atoms with Gasteiger partial charge in [0.15, 0.2) is 34.9 Å². The zero-order chi connectivity index (χ0) is 15.4. The van der Waals surface area contributed by atoms with Gasteiger partial charge in [0.2, 0.25) is 0 Å². The van der Waals surface area contributed by atoms with Crippen molar-refractivity contribution >= 4 is 18.6 Å². The van der Waals surface area contributed by atoms with E-state index in [0.29, 0.717) is 0 Å². The zero-order valence-corrected chi connectivity index (χ0v) is 10.2. The van der Waals surface area contributed by atoms with Crippen LogP contribution in [0.4, 0.5) is 30.7 Å². The van der Waals surface area contributed by atoms with Crippen molar-refractivity contribution < 1.29 is 30.7 Å². The van der Waals surface area contributed by atoms with Gasteiger partial charge in [-0.2, -0.15) is 0 Å². The molecule has 0 fully saturated rings. The maximum atomic E-state index is 14.0. The lowest BCUT2D eigenvalue weighted by atomic mass is 9.81. The van der Waals surface area contributed by atoms with Crippen LogP contribution in [0, 0.1) is 40.7 Å². The van der Waals surface area contributed by atoms with E-state index in [1.807, 2.05) is 0 Å². The molecule has 0 aromatic heterocycles. The van der Waals surface area contributed by atoms with Gasteiger partial charge >= 0.3 is 0 Å². The van der Waals surface area contributed by atoms with Crippen molar-refractivity contribution in [3.63, 3.8) is 0 Å². The summed E-state index contributed by atoms with van der Waals surface area (Å²) in [5.41, 5.74) is -0.862. The molecular formula is C12H6BF7. The summed E-state index contributed by atoms with van der Waals surface area (Å²) in [5, 5.41) is -3.02. The first-order chi connectivity index (χ1) is 9.20. The molecule has 2 rings (SSSR count). The highest BCUT2D eigenvalue weighted by atomic mass is 19.2. The third-order valence-corrected chi connectivity index (χ3v) is 2.95. The van der Waals surface area contributed by atoms with Gasteiger partial charge in [0.05, 0.1) is 10.8 Å². The largest absolute Gasteiger partial charge is 0.206 e. The lowest BCUT2D eigenvalue weighted by Gasteiger charge is -2.14. The monoisotopic (exact) mass is 294 g/mol. The smallest absolute Gasteiger partial charge is 0.198 e. The Hall–Kier alpha value is -1.73. The van der Waals surface area contributed by atoms with Crippen LogP contribution in [-0.2, 0) is 0 Å². The summed E-state index contributed by atoms with van der Waals surface area (Å²) in [6.07, 6.45) is 0. The second-order valence-corrected chi connectivity index (χ2v) is 4.52. The summed E-state index contributed by atoms with van der Waals surface area (Å²) >= 11 is 0. The van der Waals surface area contributed by atoms with Crippen molar-refractivity contribution in [3.8, 4) is 0 Å². The van der Waals surface area contributed by atoms with Crippen LogP contribution in [0.5, 0.6) is 0 Å². The number of halogens is 7. The molecule has 106 valence electrons. The molecule has 0 saturated carbocycles. The fourth-order valence-corrected chi connectivity index (χ4v) is 2.01. The molecule has 2 aromatic carbocycles. The molecule has 1 unspecified atom stereocenters. The van der Waals surface area contributed by atoms with Gasteiger partial charge in [0, 0.05) is 5.56 Å². The molecule has 0 heterocycles. The quantitative estimate of drug-likeness (QED) is 0.327. The van der Waals surface area contributed by atoms with Crippen LogP contribution in [0.25, 0.3) is 10.8 Å². The van der Waals surface area contributed by atoms with Crippen LogP contribution < -0.4 is 0 Å². The van der Waals surface area contributed by atoms with E-state index in [4.69, 9.17) is 0 Å². The molecule has 2 aromatic rings. The molecule has 0 aliphatic heterocycles. The van der Waals surface area contributed by atoms with Gasteiger partial charge in [-0.05, 0) is 5.82 Å². The van der Waals surface area contributed by atoms with Crippen LogP contribution >= 0.6 is 0 Å². The summed E-state index contributed by atoms with van der Waals surface area (Å²) < 4.78 is 94.5. The summed E-state index contributed by atoms with van der Waals surface area (Å²) in [6, 6.07) is 0. The van der Waals surface area contributed by atoms with Crippen molar-refractivity contribution in [1.29, 1.82) is 0 Å². The Morgan fingerprint density at radius 1 is 0.600 bits per heavy atom. The van der Waals surface area contributed by atoms with Gasteiger partial charge in [-0.15, -0.1) is 0 Å². The van der Waals surface area contributed by atoms with E-state index in [-0.39, 0.29) is 0 Å². The fourth-order valence-electron chi connectivity index (χ4n) is 2.01. The first kappa shape index (κ1) is 14.7. The van der Waals surface area contributed by atoms with E-state index >= 15 is 0 Å². The molecule has 0 radical (unpaired) electrons. The van der Waals surface area contributed by atoms with Crippen molar-refractivity contribution in [2.24, 2.45) is 0 Å². The van der Waals surface area contributed by atoms with Gasteiger partial charge in [0.1, 0.15) is 13.7 Å². The van der Waals surface area contributed by atoms with E-state index < -0.39 is 62.9 Å². The summed E-state index contributed by atoms with van der Waals surface area (Å²) in [6.45, 7) is 1.28. The molecule has 0 bridgehead atoms. The second kappa shape index (κ2) is 4.68. The summed E-state index contributed by atoms with van der Waals surface area (Å²) in [4.78, 5) is 0. The predicted octanol–water partition coefficient (Wildman–Crippen LogP) is 3.51. The van der Waals surface area contributed by atoms with Crippen LogP contribution in [-0.4, -0.2) is 7.85 Å². The molecule has 8 heteroatoms.